The van der Waals surface area contributed by atoms with Gasteiger partial charge < -0.3 is 24.7 Å². The lowest BCUT2D eigenvalue weighted by atomic mass is 10.1. The maximum Gasteiger partial charge on any atom is 0.353 e. The number of ether oxygens (including phenoxy) is 4. The number of hydrogen-bond donors (Lipinski definition) is 1. The molecule has 12 nitrogen and oxygen atoms in total. The lowest BCUT2D eigenvalue weighted by Crippen LogP contribution is -2.51. The van der Waals surface area contributed by atoms with E-state index in [0.717, 1.165) is 43.1 Å². The molecule has 1 aromatic rings. The third-order valence-electron chi connectivity index (χ3n) is 8.35. The van der Waals surface area contributed by atoms with Gasteiger partial charge in [-0.05, 0) is 44.6 Å². The number of hydrogen-bond acceptors (Lipinski definition) is 11. The first-order valence-corrected chi connectivity index (χ1v) is 14.1. The standard InChI is InChI=1S/C28H34N4O8/c29-16-28(32-14-13-21(30)31-27(32)36)23(39-26(35)19-11-5-6-12-19)22(38-25(34)18-9-3-4-10-18)20(40-28)15-37-24(33)17-7-1-2-8-17/h13-14,17-19,23H,1-12,15H2,(H2,30,31,36)/t23?,28-/m1/s1. The van der Waals surface area contributed by atoms with Gasteiger partial charge in [0.2, 0.25) is 6.10 Å². The van der Waals surface area contributed by atoms with Gasteiger partial charge in [-0.1, -0.05) is 38.5 Å². The molecule has 2 heterocycles. The summed E-state index contributed by atoms with van der Waals surface area (Å²) in [5.74, 6) is -3.15. The molecule has 0 bridgehead atoms. The molecule has 0 spiro atoms. The number of anilines is 1. The summed E-state index contributed by atoms with van der Waals surface area (Å²) in [6, 6.07) is 3.25. The van der Waals surface area contributed by atoms with Crippen molar-refractivity contribution in [1.82, 2.24) is 9.55 Å². The van der Waals surface area contributed by atoms with Crippen molar-refractivity contribution in [1.29, 1.82) is 5.26 Å². The van der Waals surface area contributed by atoms with Crippen LogP contribution in [0.25, 0.3) is 0 Å². The summed E-state index contributed by atoms with van der Waals surface area (Å²) < 4.78 is 24.1. The Labute approximate surface area is 231 Å². The molecular weight excluding hydrogens is 520 g/mol. The van der Waals surface area contributed by atoms with Crippen LogP contribution in [0.5, 0.6) is 0 Å². The molecule has 1 aliphatic heterocycles. The van der Waals surface area contributed by atoms with Crippen molar-refractivity contribution in [2.45, 2.75) is 88.9 Å². The van der Waals surface area contributed by atoms with E-state index in [2.05, 4.69) is 4.98 Å². The maximum absolute atomic E-state index is 13.3. The normalized spacial score (nSPS) is 25.5. The minimum atomic E-state index is -2.31. The van der Waals surface area contributed by atoms with Crippen LogP contribution in [-0.4, -0.2) is 40.2 Å². The predicted molar refractivity (Wildman–Crippen MR) is 137 cm³/mol. The van der Waals surface area contributed by atoms with Gasteiger partial charge >= 0.3 is 29.3 Å². The summed E-state index contributed by atoms with van der Waals surface area (Å²) in [6.45, 7) is -0.472. The molecule has 0 radical (unpaired) electrons. The zero-order valence-electron chi connectivity index (χ0n) is 22.3. The highest BCUT2D eigenvalue weighted by atomic mass is 16.6. The van der Waals surface area contributed by atoms with Gasteiger partial charge in [-0.2, -0.15) is 10.2 Å². The van der Waals surface area contributed by atoms with E-state index in [-0.39, 0.29) is 29.2 Å². The molecule has 1 unspecified atom stereocenters. The van der Waals surface area contributed by atoms with Gasteiger partial charge in [-0.3, -0.25) is 14.4 Å². The second kappa shape index (κ2) is 11.7. The molecule has 1 aromatic heterocycles. The molecule has 4 aliphatic rings. The molecule has 214 valence electrons. The van der Waals surface area contributed by atoms with E-state index < -0.39 is 48.0 Å². The Morgan fingerprint density at radius 1 is 0.975 bits per heavy atom. The van der Waals surface area contributed by atoms with Crippen LogP contribution in [0, 0.1) is 29.1 Å². The number of aromatic nitrogens is 2. The van der Waals surface area contributed by atoms with Crippen LogP contribution < -0.4 is 11.4 Å². The van der Waals surface area contributed by atoms with Crippen LogP contribution >= 0.6 is 0 Å². The predicted octanol–water partition coefficient (Wildman–Crippen LogP) is 2.81. The molecule has 2 atom stereocenters. The van der Waals surface area contributed by atoms with Gasteiger partial charge in [0.15, 0.2) is 18.1 Å². The van der Waals surface area contributed by atoms with Crippen LogP contribution in [-0.2, 0) is 39.1 Å². The molecule has 3 aliphatic carbocycles. The van der Waals surface area contributed by atoms with Crippen LogP contribution in [0.2, 0.25) is 0 Å². The third-order valence-corrected chi connectivity index (χ3v) is 8.35. The third kappa shape index (κ3) is 5.42. The van der Waals surface area contributed by atoms with Crippen LogP contribution in [0.4, 0.5) is 5.82 Å². The fourth-order valence-electron chi connectivity index (χ4n) is 6.08. The molecule has 2 N–H and O–H groups in total. The summed E-state index contributed by atoms with van der Waals surface area (Å²) >= 11 is 0. The van der Waals surface area contributed by atoms with E-state index in [9.17, 15) is 24.4 Å². The first-order valence-electron chi connectivity index (χ1n) is 14.1. The molecule has 5 rings (SSSR count). The van der Waals surface area contributed by atoms with E-state index in [1.807, 2.05) is 6.07 Å². The molecule has 3 fully saturated rings. The average molecular weight is 555 g/mol. The highest BCUT2D eigenvalue weighted by molar-refractivity contribution is 5.76. The largest absolute Gasteiger partial charge is 0.457 e. The van der Waals surface area contributed by atoms with Crippen LogP contribution in [0.3, 0.4) is 0 Å². The van der Waals surface area contributed by atoms with E-state index in [1.54, 1.807) is 0 Å². The number of rotatable bonds is 8. The monoisotopic (exact) mass is 554 g/mol. The number of carbonyl (C=O) groups is 3. The summed E-state index contributed by atoms with van der Waals surface area (Å²) in [6.07, 6.45) is 8.77. The molecular formula is C28H34N4O8. The van der Waals surface area contributed by atoms with Crippen molar-refractivity contribution in [2.75, 3.05) is 12.3 Å². The second-order valence-electron chi connectivity index (χ2n) is 11.0. The summed E-state index contributed by atoms with van der Waals surface area (Å²) in [5, 5.41) is 10.5. The molecule has 0 aromatic carbocycles. The lowest BCUT2D eigenvalue weighted by Gasteiger charge is -2.30. The summed E-state index contributed by atoms with van der Waals surface area (Å²) in [4.78, 5) is 55.8. The van der Waals surface area contributed by atoms with Crippen molar-refractivity contribution >= 4 is 23.7 Å². The highest BCUT2D eigenvalue weighted by Crippen LogP contribution is 2.42. The zero-order valence-corrected chi connectivity index (χ0v) is 22.3. The highest BCUT2D eigenvalue weighted by Gasteiger charge is 2.59. The van der Waals surface area contributed by atoms with Gasteiger partial charge in [0.1, 0.15) is 11.9 Å². The van der Waals surface area contributed by atoms with E-state index in [1.165, 1.54) is 12.3 Å². The van der Waals surface area contributed by atoms with E-state index in [4.69, 9.17) is 24.7 Å². The zero-order chi connectivity index (χ0) is 28.3. The Bertz CT molecular complexity index is 1280. The Balaban J connectivity index is 1.53. The Morgan fingerprint density at radius 2 is 1.52 bits per heavy atom. The van der Waals surface area contributed by atoms with Crippen LogP contribution in [0.15, 0.2) is 28.6 Å². The average Bonchev–Trinajstić information content (AvgIpc) is 3.76. The van der Waals surface area contributed by atoms with Gasteiger partial charge in [-0.15, -0.1) is 0 Å². The van der Waals surface area contributed by atoms with Crippen molar-refractivity contribution in [3.05, 3.63) is 34.3 Å². The first-order chi connectivity index (χ1) is 19.3. The maximum atomic E-state index is 13.3. The lowest BCUT2D eigenvalue weighted by molar-refractivity contribution is -0.171. The molecule has 40 heavy (non-hydrogen) atoms. The van der Waals surface area contributed by atoms with Gasteiger partial charge in [0.25, 0.3) is 0 Å². The van der Waals surface area contributed by atoms with E-state index in [0.29, 0.717) is 38.5 Å². The van der Waals surface area contributed by atoms with Crippen molar-refractivity contribution < 1.29 is 33.3 Å². The number of nitrogen functional groups attached to an aromatic ring is 1. The van der Waals surface area contributed by atoms with Crippen molar-refractivity contribution in [3.63, 3.8) is 0 Å². The van der Waals surface area contributed by atoms with Crippen LogP contribution in [0.1, 0.15) is 77.0 Å². The minimum Gasteiger partial charge on any atom is -0.457 e. The summed E-state index contributed by atoms with van der Waals surface area (Å²) in [5.41, 5.74) is 2.42. The van der Waals surface area contributed by atoms with Gasteiger partial charge in [0.05, 0.1) is 17.8 Å². The number of esters is 3. The van der Waals surface area contributed by atoms with Crippen molar-refractivity contribution in [3.8, 4) is 6.07 Å². The molecule has 0 saturated heterocycles. The second-order valence-corrected chi connectivity index (χ2v) is 11.0. The smallest absolute Gasteiger partial charge is 0.353 e. The Hall–Kier alpha value is -3.88. The number of carbonyl (C=O) groups excluding carboxylic acids is 3. The van der Waals surface area contributed by atoms with E-state index >= 15 is 0 Å². The molecule has 3 saturated carbocycles. The Morgan fingerprint density at radius 3 is 2.08 bits per heavy atom. The Kier molecular flexibility index (Phi) is 8.09. The summed E-state index contributed by atoms with van der Waals surface area (Å²) in [7, 11) is 0. The first kappa shape index (κ1) is 27.7. The molecule has 12 heteroatoms. The number of nitrogens with two attached hydrogens (primary N) is 1. The SMILES string of the molecule is N#C[C@@]1(n2ccc(N)nc2=O)OC(COC(=O)C2CCCC2)=C(OC(=O)C2CCCC2)C1OC(=O)C1CCCC1. The molecule has 0 amide bonds. The van der Waals surface area contributed by atoms with Crippen molar-refractivity contribution in [2.24, 2.45) is 17.8 Å². The number of nitriles is 1. The van der Waals surface area contributed by atoms with Gasteiger partial charge in [0, 0.05) is 6.20 Å². The quantitative estimate of drug-likeness (QED) is 0.370. The minimum absolute atomic E-state index is 0.0848. The fraction of sp³-hybridized carbons (Fsp3) is 0.643. The fourth-order valence-corrected chi connectivity index (χ4v) is 6.08. The topological polar surface area (TPSA) is 173 Å². The van der Waals surface area contributed by atoms with Gasteiger partial charge in [-0.25, -0.2) is 9.36 Å². The number of nitrogens with zero attached hydrogens (tertiary/aromatic N) is 3.